The van der Waals surface area contributed by atoms with Gasteiger partial charge in [-0.2, -0.15) is 5.10 Å². The molecule has 0 radical (unpaired) electrons. The quantitative estimate of drug-likeness (QED) is 0.888. The van der Waals surface area contributed by atoms with Gasteiger partial charge in [-0.3, -0.25) is 9.48 Å². The number of benzene rings is 1. The van der Waals surface area contributed by atoms with Gasteiger partial charge >= 0.3 is 0 Å². The Morgan fingerprint density at radius 1 is 1.38 bits per heavy atom. The van der Waals surface area contributed by atoms with Crippen LogP contribution in [0.25, 0.3) is 0 Å². The van der Waals surface area contributed by atoms with Crippen molar-refractivity contribution < 1.29 is 18.7 Å². The fourth-order valence-electron chi connectivity index (χ4n) is 3.35. The van der Waals surface area contributed by atoms with Crippen molar-refractivity contribution in [1.82, 2.24) is 15.1 Å². The molecular formula is C19H24FN3O3. The molecule has 140 valence electrons. The Morgan fingerprint density at radius 2 is 2.12 bits per heavy atom. The van der Waals surface area contributed by atoms with E-state index < -0.39 is 5.82 Å². The topological polar surface area (TPSA) is 65.4 Å². The van der Waals surface area contributed by atoms with E-state index in [2.05, 4.69) is 10.4 Å². The van der Waals surface area contributed by atoms with Crippen LogP contribution in [0.2, 0.25) is 0 Å². The molecule has 0 spiro atoms. The van der Waals surface area contributed by atoms with Gasteiger partial charge < -0.3 is 14.8 Å². The minimum atomic E-state index is -0.411. The van der Waals surface area contributed by atoms with Crippen LogP contribution >= 0.6 is 0 Å². The van der Waals surface area contributed by atoms with Gasteiger partial charge in [0.2, 0.25) is 5.91 Å². The summed E-state index contributed by atoms with van der Waals surface area (Å²) in [6.45, 7) is 4.31. The molecule has 1 aliphatic rings. The van der Waals surface area contributed by atoms with E-state index in [1.165, 1.54) is 20.1 Å². The minimum Gasteiger partial charge on any atom is -0.494 e. The first-order chi connectivity index (χ1) is 12.5. The zero-order chi connectivity index (χ0) is 18.7. The van der Waals surface area contributed by atoms with Crippen molar-refractivity contribution in [2.75, 3.05) is 7.11 Å². The average Bonchev–Trinajstić information content (AvgIpc) is 3.10. The second-order valence-corrected chi connectivity index (χ2v) is 6.51. The number of ether oxygens (including phenoxy) is 2. The first kappa shape index (κ1) is 18.4. The molecule has 1 N–H and O–H groups in total. The van der Waals surface area contributed by atoms with Crippen LogP contribution in [-0.2, 0) is 16.1 Å². The molecule has 1 saturated heterocycles. The zero-order valence-electron chi connectivity index (χ0n) is 15.2. The Kier molecular flexibility index (Phi) is 5.56. The molecule has 2 heterocycles. The van der Waals surface area contributed by atoms with Gasteiger partial charge in [-0.25, -0.2) is 4.39 Å². The van der Waals surface area contributed by atoms with Crippen molar-refractivity contribution in [3.05, 3.63) is 47.5 Å². The monoisotopic (exact) mass is 361 g/mol. The van der Waals surface area contributed by atoms with E-state index >= 15 is 0 Å². The van der Waals surface area contributed by atoms with Gasteiger partial charge in [0.05, 0.1) is 25.5 Å². The summed E-state index contributed by atoms with van der Waals surface area (Å²) in [6.07, 6.45) is 4.58. The van der Waals surface area contributed by atoms with Crippen LogP contribution in [0.5, 0.6) is 5.75 Å². The second-order valence-electron chi connectivity index (χ2n) is 6.51. The fraction of sp³-hybridized carbons (Fsp3) is 0.474. The lowest BCUT2D eigenvalue weighted by atomic mass is 9.92. The number of nitrogens with one attached hydrogen (secondary N) is 1. The van der Waals surface area contributed by atoms with Gasteiger partial charge in [0.1, 0.15) is 0 Å². The minimum absolute atomic E-state index is 0.0303. The maximum Gasteiger partial charge on any atom is 0.217 e. The van der Waals surface area contributed by atoms with Crippen LogP contribution in [0.1, 0.15) is 50.0 Å². The number of amides is 1. The highest BCUT2D eigenvalue weighted by molar-refractivity contribution is 5.73. The van der Waals surface area contributed by atoms with Crippen molar-refractivity contribution in [2.24, 2.45) is 0 Å². The van der Waals surface area contributed by atoms with E-state index in [1.807, 2.05) is 17.8 Å². The van der Waals surface area contributed by atoms with E-state index in [0.29, 0.717) is 12.8 Å². The summed E-state index contributed by atoms with van der Waals surface area (Å²) in [5, 5.41) is 7.30. The first-order valence-electron chi connectivity index (χ1n) is 8.78. The van der Waals surface area contributed by atoms with Gasteiger partial charge in [0.25, 0.3) is 0 Å². The Labute approximate surface area is 152 Å². The molecule has 1 fully saturated rings. The first-order valence-corrected chi connectivity index (χ1v) is 8.78. The van der Waals surface area contributed by atoms with E-state index in [-0.39, 0.29) is 29.9 Å². The molecule has 0 aliphatic carbocycles. The SMILES string of the molecule is CCn1cc([C@H]2C[C@@H](NC(C)=O)C[C@@H](c3ccc(F)c(OC)c3)O2)cn1. The third kappa shape index (κ3) is 4.04. The number of halogens is 1. The lowest BCUT2D eigenvalue weighted by Crippen LogP contribution is -2.39. The summed E-state index contributed by atoms with van der Waals surface area (Å²) in [7, 11) is 1.44. The Morgan fingerprint density at radius 3 is 2.73 bits per heavy atom. The molecule has 7 heteroatoms. The highest BCUT2D eigenvalue weighted by Crippen LogP contribution is 2.39. The number of hydrogen-bond donors (Lipinski definition) is 1. The number of rotatable bonds is 5. The molecule has 2 aromatic rings. The highest BCUT2D eigenvalue weighted by Gasteiger charge is 2.32. The van der Waals surface area contributed by atoms with Gasteiger partial charge in [-0.05, 0) is 37.5 Å². The molecule has 1 aromatic carbocycles. The number of aromatic nitrogens is 2. The van der Waals surface area contributed by atoms with Crippen LogP contribution in [-0.4, -0.2) is 28.8 Å². The van der Waals surface area contributed by atoms with Gasteiger partial charge in [0, 0.05) is 31.3 Å². The molecule has 0 bridgehead atoms. The summed E-state index contributed by atoms with van der Waals surface area (Å²) in [6, 6.07) is 4.70. The Balaban J connectivity index is 1.87. The van der Waals surface area contributed by atoms with Crippen molar-refractivity contribution in [3.63, 3.8) is 0 Å². The van der Waals surface area contributed by atoms with Crippen LogP contribution in [0, 0.1) is 5.82 Å². The third-order valence-electron chi connectivity index (χ3n) is 4.63. The number of carbonyl (C=O) groups is 1. The van der Waals surface area contributed by atoms with Gasteiger partial charge in [0.15, 0.2) is 11.6 Å². The maximum atomic E-state index is 13.7. The molecule has 26 heavy (non-hydrogen) atoms. The van der Waals surface area contributed by atoms with Crippen LogP contribution in [0.15, 0.2) is 30.6 Å². The van der Waals surface area contributed by atoms with Crippen molar-refractivity contribution >= 4 is 5.91 Å². The molecule has 0 saturated carbocycles. The Hall–Kier alpha value is -2.41. The molecule has 6 nitrogen and oxygen atoms in total. The molecule has 3 atom stereocenters. The molecule has 1 amide bonds. The van der Waals surface area contributed by atoms with Crippen LogP contribution in [0.3, 0.4) is 0 Å². The average molecular weight is 361 g/mol. The van der Waals surface area contributed by atoms with Gasteiger partial charge in [-0.15, -0.1) is 0 Å². The summed E-state index contributed by atoms with van der Waals surface area (Å²) >= 11 is 0. The smallest absolute Gasteiger partial charge is 0.217 e. The number of carbonyl (C=O) groups excluding carboxylic acids is 1. The number of methoxy groups -OCH3 is 1. The number of nitrogens with zero attached hydrogens (tertiary/aromatic N) is 2. The number of hydrogen-bond acceptors (Lipinski definition) is 4. The molecular weight excluding hydrogens is 337 g/mol. The summed E-state index contributed by atoms with van der Waals surface area (Å²) in [5.74, 6) is -0.301. The van der Waals surface area contributed by atoms with Crippen LogP contribution < -0.4 is 10.1 Å². The second kappa shape index (κ2) is 7.86. The number of aryl methyl sites for hydroxylation is 1. The zero-order valence-corrected chi connectivity index (χ0v) is 15.2. The predicted octanol–water partition coefficient (Wildman–Crippen LogP) is 3.15. The maximum absolute atomic E-state index is 13.7. The molecule has 3 rings (SSSR count). The van der Waals surface area contributed by atoms with Crippen molar-refractivity contribution in [1.29, 1.82) is 0 Å². The van der Waals surface area contributed by atoms with Crippen LogP contribution in [0.4, 0.5) is 4.39 Å². The lowest BCUT2D eigenvalue weighted by molar-refractivity contribution is -0.122. The molecule has 1 aliphatic heterocycles. The summed E-state index contributed by atoms with van der Waals surface area (Å²) in [5.41, 5.74) is 1.80. The van der Waals surface area contributed by atoms with Crippen molar-refractivity contribution in [3.8, 4) is 5.75 Å². The largest absolute Gasteiger partial charge is 0.494 e. The normalized spacial score (nSPS) is 22.8. The highest BCUT2D eigenvalue weighted by atomic mass is 19.1. The van der Waals surface area contributed by atoms with E-state index in [9.17, 15) is 9.18 Å². The standard InChI is InChI=1S/C19H24FN3O3/c1-4-23-11-14(10-21-23)18-9-15(22-12(2)24)8-17(26-18)13-5-6-16(20)19(7-13)25-3/h5-7,10-11,15,17-18H,4,8-9H2,1-3H3,(H,22,24)/t15-,17-,18+/m0/s1. The molecule has 1 aromatic heterocycles. The lowest BCUT2D eigenvalue weighted by Gasteiger charge is -2.35. The van der Waals surface area contributed by atoms with E-state index in [0.717, 1.165) is 17.7 Å². The third-order valence-corrected chi connectivity index (χ3v) is 4.63. The fourth-order valence-corrected chi connectivity index (χ4v) is 3.35. The Bertz CT molecular complexity index is 777. The predicted molar refractivity (Wildman–Crippen MR) is 94.3 cm³/mol. The van der Waals surface area contributed by atoms with E-state index in [1.54, 1.807) is 18.3 Å². The summed E-state index contributed by atoms with van der Waals surface area (Å²) in [4.78, 5) is 11.6. The van der Waals surface area contributed by atoms with E-state index in [4.69, 9.17) is 9.47 Å². The van der Waals surface area contributed by atoms with Gasteiger partial charge in [-0.1, -0.05) is 6.07 Å². The summed E-state index contributed by atoms with van der Waals surface area (Å²) < 4.78 is 26.9. The molecule has 0 unspecified atom stereocenters. The van der Waals surface area contributed by atoms with Crippen molar-refractivity contribution in [2.45, 2.75) is 51.5 Å².